The van der Waals surface area contributed by atoms with Crippen LogP contribution in [-0.2, 0) is 15.8 Å². The molecular weight excluding hydrogens is 427 g/mol. The van der Waals surface area contributed by atoms with Crippen LogP contribution >= 0.6 is 0 Å². The molecule has 0 radical (unpaired) electrons. The maximum Gasteiger partial charge on any atom is 0.434 e. The number of nitrogens with zero attached hydrogens (tertiary/aromatic N) is 4. The van der Waals surface area contributed by atoms with Gasteiger partial charge in [0.2, 0.25) is 0 Å². The Labute approximate surface area is 182 Å². The Morgan fingerprint density at radius 3 is 2.25 bits per heavy atom. The second-order valence-corrected chi connectivity index (χ2v) is 7.94. The van der Waals surface area contributed by atoms with Crippen molar-refractivity contribution >= 4 is 17.7 Å². The smallest absolute Gasteiger partial charge is 0.345 e. The van der Waals surface area contributed by atoms with Crippen molar-refractivity contribution in [1.82, 2.24) is 24.9 Å². The van der Waals surface area contributed by atoms with Gasteiger partial charge >= 0.3 is 18.0 Å². The highest BCUT2D eigenvalue weighted by Crippen LogP contribution is 2.35. The molecule has 1 saturated heterocycles. The average Bonchev–Trinajstić information content (AvgIpc) is 3.46. The molecule has 170 valence electrons. The molecule has 0 unspecified atom stereocenters. The van der Waals surface area contributed by atoms with Crippen molar-refractivity contribution in [3.63, 3.8) is 0 Å². The number of aryl methyl sites for hydroxylation is 1. The van der Waals surface area contributed by atoms with Gasteiger partial charge in [-0.15, -0.1) is 0 Å². The molecule has 0 bridgehead atoms. The second kappa shape index (κ2) is 8.29. The van der Waals surface area contributed by atoms with E-state index in [0.717, 1.165) is 23.7 Å². The van der Waals surface area contributed by atoms with Crippen molar-refractivity contribution in [2.24, 2.45) is 0 Å². The van der Waals surface area contributed by atoms with Crippen LogP contribution in [0.4, 0.5) is 13.2 Å². The fourth-order valence-electron chi connectivity index (χ4n) is 3.66. The summed E-state index contributed by atoms with van der Waals surface area (Å²) in [6.07, 6.45) is -2.18. The molecule has 8 nitrogen and oxygen atoms in total. The van der Waals surface area contributed by atoms with E-state index in [1.165, 1.54) is 15.9 Å². The fourth-order valence-corrected chi connectivity index (χ4v) is 3.66. The van der Waals surface area contributed by atoms with Crippen LogP contribution in [0.5, 0.6) is 0 Å². The Morgan fingerprint density at radius 1 is 1.03 bits per heavy atom. The summed E-state index contributed by atoms with van der Waals surface area (Å²) in [4.78, 5) is 39.7. The number of hydrogen-bond acceptors (Lipinski definition) is 4. The normalized spacial score (nSPS) is 16.8. The molecule has 1 aliphatic carbocycles. The molecule has 3 amide bonds. The summed E-state index contributed by atoms with van der Waals surface area (Å²) < 4.78 is 42.5. The summed E-state index contributed by atoms with van der Waals surface area (Å²) in [5.41, 5.74) is -0.876. The van der Waals surface area contributed by atoms with Gasteiger partial charge in [-0.3, -0.25) is 14.4 Å². The minimum atomic E-state index is -4.80. The first-order chi connectivity index (χ1) is 15.2. The van der Waals surface area contributed by atoms with Gasteiger partial charge in [-0.2, -0.15) is 18.3 Å². The highest BCUT2D eigenvalue weighted by atomic mass is 19.4. The lowest BCUT2D eigenvalue weighted by Crippen LogP contribution is -2.54. The Bertz CT molecular complexity index is 1050. The third-order valence-electron chi connectivity index (χ3n) is 5.57. The summed E-state index contributed by atoms with van der Waals surface area (Å²) >= 11 is 0. The number of aromatic nitrogens is 2. The van der Waals surface area contributed by atoms with E-state index in [0.29, 0.717) is 5.56 Å². The van der Waals surface area contributed by atoms with Gasteiger partial charge in [-0.25, -0.2) is 4.68 Å². The van der Waals surface area contributed by atoms with Gasteiger partial charge in [0.25, 0.3) is 5.91 Å². The van der Waals surface area contributed by atoms with E-state index < -0.39 is 35.2 Å². The van der Waals surface area contributed by atoms with E-state index in [2.05, 4.69) is 10.4 Å². The van der Waals surface area contributed by atoms with E-state index in [-0.39, 0.29) is 37.9 Å². The van der Waals surface area contributed by atoms with Gasteiger partial charge in [-0.1, -0.05) is 18.2 Å². The molecular formula is C21H22F3N5O3. The minimum Gasteiger partial charge on any atom is -0.345 e. The Kier molecular flexibility index (Phi) is 5.66. The number of halogens is 3. The van der Waals surface area contributed by atoms with Crippen LogP contribution in [0.1, 0.15) is 34.5 Å². The van der Waals surface area contributed by atoms with Crippen molar-refractivity contribution in [3.8, 4) is 5.69 Å². The number of alkyl halides is 3. The fraction of sp³-hybridized carbons (Fsp3) is 0.429. The van der Waals surface area contributed by atoms with E-state index in [1.54, 1.807) is 25.1 Å². The van der Waals surface area contributed by atoms with Crippen LogP contribution in [-0.4, -0.2) is 69.5 Å². The van der Waals surface area contributed by atoms with Gasteiger partial charge < -0.3 is 15.1 Å². The van der Waals surface area contributed by atoms with Crippen molar-refractivity contribution in [2.45, 2.75) is 32.0 Å². The molecule has 2 aromatic rings. The predicted molar refractivity (Wildman–Crippen MR) is 107 cm³/mol. The van der Waals surface area contributed by atoms with E-state index in [9.17, 15) is 27.6 Å². The van der Waals surface area contributed by atoms with Crippen molar-refractivity contribution in [2.75, 3.05) is 26.2 Å². The third-order valence-corrected chi connectivity index (χ3v) is 5.57. The quantitative estimate of drug-likeness (QED) is 0.724. The summed E-state index contributed by atoms with van der Waals surface area (Å²) in [6.45, 7) is 1.84. The molecule has 1 aromatic heterocycles. The maximum atomic E-state index is 13.9. The third kappa shape index (κ3) is 4.32. The number of para-hydroxylation sites is 1. The number of piperazine rings is 1. The Balaban J connectivity index is 1.51. The number of benzene rings is 1. The zero-order chi connectivity index (χ0) is 23.0. The lowest BCUT2D eigenvalue weighted by molar-refractivity contribution is -0.146. The molecule has 1 N–H and O–H groups in total. The monoisotopic (exact) mass is 449 g/mol. The lowest BCUT2D eigenvalue weighted by atomic mass is 10.1. The van der Waals surface area contributed by atoms with Crippen LogP contribution in [0.3, 0.4) is 0 Å². The predicted octanol–water partition coefficient (Wildman–Crippen LogP) is 1.76. The second-order valence-electron chi connectivity index (χ2n) is 7.94. The van der Waals surface area contributed by atoms with Crippen LogP contribution < -0.4 is 5.32 Å². The first kappa shape index (κ1) is 21.8. The van der Waals surface area contributed by atoms with E-state index in [1.807, 2.05) is 0 Å². The molecule has 1 aliphatic heterocycles. The number of amides is 3. The number of carbonyl (C=O) groups is 3. The Hall–Kier alpha value is -3.37. The molecule has 2 fully saturated rings. The largest absolute Gasteiger partial charge is 0.434 e. The number of hydrogen-bond donors (Lipinski definition) is 1. The summed E-state index contributed by atoms with van der Waals surface area (Å²) in [6, 6.07) is 6.51. The summed E-state index contributed by atoms with van der Waals surface area (Å²) in [7, 11) is 0. The van der Waals surface area contributed by atoms with Crippen molar-refractivity contribution in [1.29, 1.82) is 0 Å². The SMILES string of the molecule is Cc1ccccc1-n1ncc(C(=O)N2CCN(C(=O)C(=O)NC3CC3)CC2)c1C(F)(F)F. The van der Waals surface area contributed by atoms with E-state index in [4.69, 9.17) is 0 Å². The number of rotatable bonds is 3. The van der Waals surface area contributed by atoms with Gasteiger partial charge in [0, 0.05) is 32.2 Å². The lowest BCUT2D eigenvalue weighted by Gasteiger charge is -2.34. The van der Waals surface area contributed by atoms with Gasteiger partial charge in [0.1, 0.15) is 0 Å². The highest BCUT2D eigenvalue weighted by molar-refractivity contribution is 6.35. The number of carbonyl (C=O) groups excluding carboxylic acids is 3. The summed E-state index contributed by atoms with van der Waals surface area (Å²) in [5, 5.41) is 6.47. The van der Waals surface area contributed by atoms with Crippen LogP contribution in [0.25, 0.3) is 5.69 Å². The van der Waals surface area contributed by atoms with Crippen LogP contribution in [0.2, 0.25) is 0 Å². The Morgan fingerprint density at radius 2 is 1.66 bits per heavy atom. The summed E-state index contributed by atoms with van der Waals surface area (Å²) in [5.74, 6) is -2.19. The molecule has 0 spiro atoms. The average molecular weight is 449 g/mol. The molecule has 1 aromatic carbocycles. The molecule has 2 aliphatic rings. The van der Waals surface area contributed by atoms with Gasteiger partial charge in [-0.05, 0) is 31.4 Å². The van der Waals surface area contributed by atoms with Crippen molar-refractivity contribution in [3.05, 3.63) is 47.3 Å². The minimum absolute atomic E-state index is 0.0219. The van der Waals surface area contributed by atoms with Crippen LogP contribution in [0.15, 0.2) is 30.5 Å². The highest BCUT2D eigenvalue weighted by Gasteiger charge is 2.42. The zero-order valence-electron chi connectivity index (χ0n) is 17.4. The van der Waals surface area contributed by atoms with Crippen LogP contribution in [0, 0.1) is 6.92 Å². The topological polar surface area (TPSA) is 87.5 Å². The molecule has 1 saturated carbocycles. The molecule has 11 heteroatoms. The molecule has 2 heterocycles. The number of nitrogens with one attached hydrogen (secondary N) is 1. The molecule has 32 heavy (non-hydrogen) atoms. The molecule has 4 rings (SSSR count). The first-order valence-electron chi connectivity index (χ1n) is 10.3. The van der Waals surface area contributed by atoms with Crippen molar-refractivity contribution < 1.29 is 27.6 Å². The zero-order valence-corrected chi connectivity index (χ0v) is 17.4. The van der Waals surface area contributed by atoms with Gasteiger partial charge in [0.05, 0.1) is 17.4 Å². The van der Waals surface area contributed by atoms with E-state index >= 15 is 0 Å². The van der Waals surface area contributed by atoms with Gasteiger partial charge in [0.15, 0.2) is 5.69 Å². The standard InChI is InChI=1S/C21H22F3N5O3/c1-13-4-2-3-5-16(13)29-17(21(22,23)24)15(12-25-29)19(31)27-8-10-28(11-9-27)20(32)18(30)26-14-6-7-14/h2-5,12,14H,6-11H2,1H3,(H,26,30). The molecule has 0 atom stereocenters. The first-order valence-corrected chi connectivity index (χ1v) is 10.3. The maximum absolute atomic E-state index is 13.9.